The van der Waals surface area contributed by atoms with E-state index in [-0.39, 0.29) is 23.0 Å². The highest BCUT2D eigenvalue weighted by atomic mass is 32.2. The van der Waals surface area contributed by atoms with Gasteiger partial charge in [-0.25, -0.2) is 4.79 Å². The van der Waals surface area contributed by atoms with Gasteiger partial charge in [-0.05, 0) is 18.6 Å². The molecule has 0 aromatic carbocycles. The first kappa shape index (κ1) is 17.4. The molecule has 7 heteroatoms. The zero-order valence-corrected chi connectivity index (χ0v) is 12.8. The highest BCUT2D eigenvalue weighted by Gasteiger charge is 2.14. The standard InChI is InChI=1S/C14H20O6S/c1-2-3-4-5-8-19-13(15)10-21(18)9-11-6-7-12(20-11)14(16)17/h6-7H,2-5,8-10H2,1H3,(H,16,17). The minimum atomic E-state index is -1.47. The third-order valence-electron chi connectivity index (χ3n) is 2.72. The van der Waals surface area contributed by atoms with Crippen LogP contribution in [0.25, 0.3) is 0 Å². The van der Waals surface area contributed by atoms with E-state index in [1.165, 1.54) is 12.1 Å². The molecular weight excluding hydrogens is 296 g/mol. The van der Waals surface area contributed by atoms with Crippen molar-refractivity contribution in [1.82, 2.24) is 0 Å². The van der Waals surface area contributed by atoms with Crippen molar-refractivity contribution in [2.75, 3.05) is 12.4 Å². The molecule has 1 N–H and O–H groups in total. The average Bonchev–Trinajstić information content (AvgIpc) is 2.87. The zero-order chi connectivity index (χ0) is 15.7. The summed E-state index contributed by atoms with van der Waals surface area (Å²) in [6.07, 6.45) is 4.04. The Bertz CT molecular complexity index is 493. The lowest BCUT2D eigenvalue weighted by atomic mass is 10.2. The predicted octanol–water partition coefficient (Wildman–Crippen LogP) is 2.35. The van der Waals surface area contributed by atoms with E-state index in [0.717, 1.165) is 25.7 Å². The number of ether oxygens (including phenoxy) is 1. The second kappa shape index (κ2) is 9.33. The molecule has 0 spiro atoms. The van der Waals surface area contributed by atoms with Gasteiger partial charge < -0.3 is 14.3 Å². The third-order valence-corrected chi connectivity index (χ3v) is 3.88. The van der Waals surface area contributed by atoms with Gasteiger partial charge in [-0.15, -0.1) is 0 Å². The number of esters is 1. The molecule has 1 heterocycles. The monoisotopic (exact) mass is 316 g/mol. The summed E-state index contributed by atoms with van der Waals surface area (Å²) in [6.45, 7) is 2.44. The molecule has 1 rings (SSSR count). The molecule has 1 atom stereocenters. The molecule has 0 bridgehead atoms. The maximum absolute atomic E-state index is 11.7. The molecule has 0 aliphatic rings. The van der Waals surface area contributed by atoms with Gasteiger partial charge >= 0.3 is 11.9 Å². The fourth-order valence-electron chi connectivity index (χ4n) is 1.67. The van der Waals surface area contributed by atoms with E-state index in [1.54, 1.807) is 0 Å². The van der Waals surface area contributed by atoms with Crippen molar-refractivity contribution in [3.63, 3.8) is 0 Å². The predicted molar refractivity (Wildman–Crippen MR) is 77.5 cm³/mol. The van der Waals surface area contributed by atoms with Gasteiger partial charge in [0.05, 0.1) is 12.4 Å². The molecule has 0 fully saturated rings. The van der Waals surface area contributed by atoms with E-state index < -0.39 is 22.7 Å². The summed E-state index contributed by atoms with van der Waals surface area (Å²) < 4.78 is 21.7. The van der Waals surface area contributed by atoms with Crippen molar-refractivity contribution in [3.8, 4) is 0 Å². The first-order chi connectivity index (χ1) is 10.0. The number of aromatic carboxylic acids is 1. The Labute approximate surface area is 125 Å². The van der Waals surface area contributed by atoms with Crippen LogP contribution < -0.4 is 0 Å². The number of hydrogen-bond donors (Lipinski definition) is 1. The maximum Gasteiger partial charge on any atom is 0.371 e. The lowest BCUT2D eigenvalue weighted by molar-refractivity contribution is -0.140. The molecule has 1 aromatic heterocycles. The Kier molecular flexibility index (Phi) is 7.74. The lowest BCUT2D eigenvalue weighted by Gasteiger charge is -2.04. The van der Waals surface area contributed by atoms with Crippen molar-refractivity contribution in [3.05, 3.63) is 23.7 Å². The quantitative estimate of drug-likeness (QED) is 0.526. The van der Waals surface area contributed by atoms with Gasteiger partial charge in [0.25, 0.3) is 0 Å². The Morgan fingerprint density at radius 2 is 2.05 bits per heavy atom. The van der Waals surface area contributed by atoms with Crippen molar-refractivity contribution in [2.45, 2.75) is 38.4 Å². The normalized spacial score (nSPS) is 12.0. The number of carboxylic acids is 1. The van der Waals surface area contributed by atoms with E-state index in [2.05, 4.69) is 6.92 Å². The third kappa shape index (κ3) is 7.08. The smallest absolute Gasteiger partial charge is 0.371 e. The molecule has 0 aliphatic heterocycles. The van der Waals surface area contributed by atoms with Gasteiger partial charge in [-0.1, -0.05) is 26.2 Å². The number of carbonyl (C=O) groups excluding carboxylic acids is 1. The summed E-state index contributed by atoms with van der Waals surface area (Å²) in [5, 5.41) is 8.69. The molecular formula is C14H20O6S. The molecule has 0 aliphatic carbocycles. The van der Waals surface area contributed by atoms with Gasteiger partial charge in [0.15, 0.2) is 0 Å². The van der Waals surface area contributed by atoms with Crippen LogP contribution in [0.2, 0.25) is 0 Å². The van der Waals surface area contributed by atoms with E-state index in [9.17, 15) is 13.8 Å². The highest BCUT2D eigenvalue weighted by molar-refractivity contribution is 7.84. The second-order valence-electron chi connectivity index (χ2n) is 4.58. The molecule has 21 heavy (non-hydrogen) atoms. The SMILES string of the molecule is CCCCCCOC(=O)CS(=O)Cc1ccc(C(=O)O)o1. The molecule has 0 saturated carbocycles. The van der Waals surface area contributed by atoms with E-state index in [0.29, 0.717) is 6.61 Å². The number of carboxylic acid groups (broad SMARTS) is 1. The van der Waals surface area contributed by atoms with Crippen LogP contribution in [0.1, 0.15) is 48.9 Å². The minimum absolute atomic E-state index is 0.00177. The Morgan fingerprint density at radius 3 is 2.67 bits per heavy atom. The maximum atomic E-state index is 11.7. The topological polar surface area (TPSA) is 93.8 Å². The summed E-state index contributed by atoms with van der Waals surface area (Å²) in [6, 6.07) is 2.73. The summed E-state index contributed by atoms with van der Waals surface area (Å²) in [5.74, 6) is -1.83. The van der Waals surface area contributed by atoms with Crippen LogP contribution in [0, 0.1) is 0 Å². The first-order valence-electron chi connectivity index (χ1n) is 6.85. The Morgan fingerprint density at radius 1 is 1.29 bits per heavy atom. The Balaban J connectivity index is 2.26. The van der Waals surface area contributed by atoms with Crippen LogP contribution in [-0.2, 0) is 26.1 Å². The van der Waals surface area contributed by atoms with Crippen molar-refractivity contribution >= 4 is 22.7 Å². The van der Waals surface area contributed by atoms with Gasteiger partial charge in [0.1, 0.15) is 11.5 Å². The number of hydrogen-bond acceptors (Lipinski definition) is 5. The average molecular weight is 316 g/mol. The second-order valence-corrected chi connectivity index (χ2v) is 6.04. The van der Waals surface area contributed by atoms with Crippen LogP contribution in [0.15, 0.2) is 16.5 Å². The number of carbonyl (C=O) groups is 2. The largest absolute Gasteiger partial charge is 0.475 e. The van der Waals surface area contributed by atoms with Gasteiger partial charge in [-0.2, -0.15) is 0 Å². The van der Waals surface area contributed by atoms with E-state index in [4.69, 9.17) is 14.3 Å². The molecule has 0 amide bonds. The summed E-state index contributed by atoms with van der Waals surface area (Å²) >= 11 is 0. The van der Waals surface area contributed by atoms with Crippen LogP contribution in [0.5, 0.6) is 0 Å². The van der Waals surface area contributed by atoms with Crippen LogP contribution >= 0.6 is 0 Å². The first-order valence-corrected chi connectivity index (χ1v) is 8.34. The zero-order valence-electron chi connectivity index (χ0n) is 12.0. The molecule has 1 aromatic rings. The summed E-state index contributed by atoms with van der Waals surface area (Å²) in [5.41, 5.74) is 0. The fourth-order valence-corrected chi connectivity index (χ4v) is 2.59. The molecule has 118 valence electrons. The molecule has 1 unspecified atom stereocenters. The van der Waals surface area contributed by atoms with Gasteiger partial charge in [0.2, 0.25) is 5.76 Å². The number of furan rings is 1. The number of unbranched alkanes of at least 4 members (excludes halogenated alkanes) is 3. The minimum Gasteiger partial charge on any atom is -0.475 e. The summed E-state index contributed by atoms with van der Waals surface area (Å²) in [4.78, 5) is 22.1. The highest BCUT2D eigenvalue weighted by Crippen LogP contribution is 2.10. The molecule has 0 saturated heterocycles. The van der Waals surface area contributed by atoms with Crippen molar-refractivity contribution in [2.24, 2.45) is 0 Å². The van der Waals surface area contributed by atoms with Crippen molar-refractivity contribution < 1.29 is 28.1 Å². The van der Waals surface area contributed by atoms with E-state index in [1.807, 2.05) is 0 Å². The van der Waals surface area contributed by atoms with Crippen LogP contribution in [-0.4, -0.2) is 33.6 Å². The Hall–Kier alpha value is -1.63. The summed E-state index contributed by atoms with van der Waals surface area (Å²) in [7, 11) is -1.47. The number of rotatable bonds is 10. The molecule has 0 radical (unpaired) electrons. The van der Waals surface area contributed by atoms with Crippen molar-refractivity contribution in [1.29, 1.82) is 0 Å². The van der Waals surface area contributed by atoms with Crippen LogP contribution in [0.4, 0.5) is 0 Å². The lowest BCUT2D eigenvalue weighted by Crippen LogP contribution is -2.15. The van der Waals surface area contributed by atoms with Gasteiger partial charge in [0, 0.05) is 10.8 Å². The van der Waals surface area contributed by atoms with E-state index >= 15 is 0 Å². The van der Waals surface area contributed by atoms with Crippen LogP contribution in [0.3, 0.4) is 0 Å². The fraction of sp³-hybridized carbons (Fsp3) is 0.571. The molecule has 6 nitrogen and oxygen atoms in total. The van der Waals surface area contributed by atoms with Gasteiger partial charge in [-0.3, -0.25) is 9.00 Å².